The molecule has 1 aromatic heterocycles. The van der Waals surface area contributed by atoms with E-state index < -0.39 is 10.0 Å². The lowest BCUT2D eigenvalue weighted by molar-refractivity contribution is 0.161. The fraction of sp³-hybridized carbons (Fsp3) is 0.375. The fourth-order valence-corrected chi connectivity index (χ4v) is 6.16. The minimum Gasteiger partial charge on any atom is -0.307 e. The molecule has 8 heteroatoms. The molecule has 1 aliphatic heterocycles. The summed E-state index contributed by atoms with van der Waals surface area (Å²) in [5, 5.41) is 9.39. The number of rotatable bonds is 7. The van der Waals surface area contributed by atoms with Gasteiger partial charge in [0, 0.05) is 23.2 Å². The van der Waals surface area contributed by atoms with E-state index in [4.69, 9.17) is 16.7 Å². The molecule has 168 valence electrons. The van der Waals surface area contributed by atoms with Crippen molar-refractivity contribution < 1.29 is 8.42 Å². The van der Waals surface area contributed by atoms with Gasteiger partial charge in [-0.2, -0.15) is 5.10 Å². The van der Waals surface area contributed by atoms with Gasteiger partial charge in [-0.25, -0.2) is 13.1 Å². The Bertz CT molecular complexity index is 1190. The van der Waals surface area contributed by atoms with E-state index >= 15 is 0 Å². The molecule has 3 aromatic rings. The summed E-state index contributed by atoms with van der Waals surface area (Å²) in [7, 11) is -3.52. The normalized spacial score (nSPS) is 19.8. The molecule has 6 nitrogen and oxygen atoms in total. The molecular weight excluding hydrogens is 444 g/mol. The lowest BCUT2D eigenvalue weighted by Gasteiger charge is -2.49. The van der Waals surface area contributed by atoms with E-state index in [2.05, 4.69) is 28.4 Å². The van der Waals surface area contributed by atoms with E-state index in [-0.39, 0.29) is 22.9 Å². The Hall–Kier alpha value is -2.19. The highest BCUT2D eigenvalue weighted by atomic mass is 35.5. The van der Waals surface area contributed by atoms with Crippen molar-refractivity contribution in [1.82, 2.24) is 19.8 Å². The van der Waals surface area contributed by atoms with Gasteiger partial charge in [-0.3, -0.25) is 4.68 Å². The standard InChI is InChI=1S/C24H27ClN4O2S/c25-20-9-7-19(8-10-20)24(12-4-13-24)23-22-18(11-14-26-23)17-29(28-22)16-15-27-32(30,31)21-5-2-1-3-6-21/h1-3,5-10,17,23,26-27H,4,11-16H2. The predicted molar refractivity (Wildman–Crippen MR) is 125 cm³/mol. The van der Waals surface area contributed by atoms with Crippen molar-refractivity contribution in [3.63, 3.8) is 0 Å². The first kappa shape index (κ1) is 21.6. The number of halogens is 1. The molecule has 2 aliphatic rings. The summed E-state index contributed by atoms with van der Waals surface area (Å²) in [6, 6.07) is 16.8. The van der Waals surface area contributed by atoms with E-state index in [1.54, 1.807) is 30.3 Å². The van der Waals surface area contributed by atoms with E-state index in [1.165, 1.54) is 17.5 Å². The van der Waals surface area contributed by atoms with Crippen molar-refractivity contribution in [3.8, 4) is 0 Å². The Morgan fingerprint density at radius 3 is 2.56 bits per heavy atom. The molecule has 1 fully saturated rings. The number of fused-ring (bicyclic) bond motifs is 1. The summed E-state index contributed by atoms with van der Waals surface area (Å²) >= 11 is 6.13. The van der Waals surface area contributed by atoms with Crippen LogP contribution in [-0.4, -0.2) is 31.3 Å². The van der Waals surface area contributed by atoms with Crippen molar-refractivity contribution >= 4 is 21.6 Å². The molecule has 0 bridgehead atoms. The van der Waals surface area contributed by atoms with Gasteiger partial charge >= 0.3 is 0 Å². The molecule has 0 amide bonds. The first-order chi connectivity index (χ1) is 15.5. The average Bonchev–Trinajstić information content (AvgIpc) is 3.18. The van der Waals surface area contributed by atoms with Crippen molar-refractivity contribution in [3.05, 3.63) is 82.6 Å². The Kier molecular flexibility index (Phi) is 5.84. The number of benzene rings is 2. The zero-order valence-electron chi connectivity index (χ0n) is 17.8. The van der Waals surface area contributed by atoms with Crippen molar-refractivity contribution in [2.45, 2.75) is 48.6 Å². The lowest BCUT2D eigenvalue weighted by Crippen LogP contribution is -2.49. The molecule has 2 aromatic carbocycles. The van der Waals surface area contributed by atoms with Gasteiger partial charge in [-0.15, -0.1) is 0 Å². The van der Waals surface area contributed by atoms with Crippen LogP contribution in [0.3, 0.4) is 0 Å². The molecule has 5 rings (SSSR count). The van der Waals surface area contributed by atoms with E-state index in [1.807, 2.05) is 16.8 Å². The van der Waals surface area contributed by atoms with Crippen LogP contribution in [0.2, 0.25) is 5.02 Å². The Morgan fingerprint density at radius 1 is 1.12 bits per heavy atom. The highest BCUT2D eigenvalue weighted by molar-refractivity contribution is 7.89. The Balaban J connectivity index is 1.33. The van der Waals surface area contributed by atoms with E-state index in [9.17, 15) is 8.42 Å². The predicted octanol–water partition coefficient (Wildman–Crippen LogP) is 3.82. The van der Waals surface area contributed by atoms with Gasteiger partial charge in [0.1, 0.15) is 0 Å². The summed E-state index contributed by atoms with van der Waals surface area (Å²) in [5.74, 6) is 0. The zero-order chi connectivity index (χ0) is 22.2. The minimum atomic E-state index is -3.52. The molecular formula is C24H27ClN4O2S. The maximum Gasteiger partial charge on any atom is 0.240 e. The maximum atomic E-state index is 12.5. The summed E-state index contributed by atoms with van der Waals surface area (Å²) in [6.45, 7) is 1.69. The van der Waals surface area contributed by atoms with Crippen molar-refractivity contribution in [2.75, 3.05) is 13.1 Å². The number of nitrogens with one attached hydrogen (secondary N) is 2. The van der Waals surface area contributed by atoms with Crippen LogP contribution in [0, 0.1) is 0 Å². The molecule has 1 unspecified atom stereocenters. The van der Waals surface area contributed by atoms with Gasteiger partial charge in [-0.1, -0.05) is 48.4 Å². The fourth-order valence-electron chi connectivity index (χ4n) is 4.99. The number of hydrogen-bond acceptors (Lipinski definition) is 4. The highest BCUT2D eigenvalue weighted by Gasteiger charge is 2.48. The van der Waals surface area contributed by atoms with Crippen molar-refractivity contribution in [2.24, 2.45) is 0 Å². The van der Waals surface area contributed by atoms with Crippen LogP contribution in [0.5, 0.6) is 0 Å². The number of hydrogen-bond donors (Lipinski definition) is 2. The first-order valence-corrected chi connectivity index (χ1v) is 12.9. The molecule has 1 atom stereocenters. The van der Waals surface area contributed by atoms with Gasteiger partial charge in [0.15, 0.2) is 0 Å². The molecule has 0 radical (unpaired) electrons. The molecule has 0 spiro atoms. The summed E-state index contributed by atoms with van der Waals surface area (Å²) in [6.07, 6.45) is 6.45. The van der Waals surface area contributed by atoms with Crippen molar-refractivity contribution in [1.29, 1.82) is 0 Å². The highest BCUT2D eigenvalue weighted by Crippen LogP contribution is 2.53. The summed E-state index contributed by atoms with van der Waals surface area (Å²) in [5.41, 5.74) is 3.69. The molecule has 1 aliphatic carbocycles. The second kappa shape index (κ2) is 8.63. The average molecular weight is 471 g/mol. The second-order valence-electron chi connectivity index (χ2n) is 8.67. The van der Waals surface area contributed by atoms with Crippen LogP contribution >= 0.6 is 11.6 Å². The van der Waals surface area contributed by atoms with Crippen LogP contribution in [0.15, 0.2) is 65.7 Å². The van der Waals surface area contributed by atoms with Crippen LogP contribution in [0.1, 0.15) is 42.1 Å². The molecule has 2 heterocycles. The van der Waals surface area contributed by atoms with Crippen LogP contribution < -0.4 is 10.0 Å². The molecule has 32 heavy (non-hydrogen) atoms. The largest absolute Gasteiger partial charge is 0.307 e. The van der Waals surface area contributed by atoms with Crippen LogP contribution in [-0.2, 0) is 28.4 Å². The minimum absolute atomic E-state index is 0.0356. The van der Waals surface area contributed by atoms with E-state index in [0.717, 1.165) is 36.5 Å². The van der Waals surface area contributed by atoms with Gasteiger partial charge < -0.3 is 5.32 Å². The van der Waals surface area contributed by atoms with Crippen LogP contribution in [0.4, 0.5) is 0 Å². The molecule has 2 N–H and O–H groups in total. The topological polar surface area (TPSA) is 76.0 Å². The third-order valence-electron chi connectivity index (χ3n) is 6.79. The third kappa shape index (κ3) is 3.99. The third-order valence-corrected chi connectivity index (χ3v) is 8.52. The smallest absolute Gasteiger partial charge is 0.240 e. The van der Waals surface area contributed by atoms with E-state index in [0.29, 0.717) is 6.54 Å². The van der Waals surface area contributed by atoms with Gasteiger partial charge in [0.05, 0.1) is 23.2 Å². The monoisotopic (exact) mass is 470 g/mol. The second-order valence-corrected chi connectivity index (χ2v) is 10.9. The molecule has 0 saturated heterocycles. The quantitative estimate of drug-likeness (QED) is 0.550. The van der Waals surface area contributed by atoms with Gasteiger partial charge in [0.2, 0.25) is 10.0 Å². The van der Waals surface area contributed by atoms with Crippen LogP contribution in [0.25, 0.3) is 0 Å². The first-order valence-electron chi connectivity index (χ1n) is 11.1. The number of nitrogens with zero attached hydrogens (tertiary/aromatic N) is 2. The number of aromatic nitrogens is 2. The lowest BCUT2D eigenvalue weighted by atomic mass is 9.58. The number of sulfonamides is 1. The van der Waals surface area contributed by atoms with Gasteiger partial charge in [0.25, 0.3) is 0 Å². The van der Waals surface area contributed by atoms with Gasteiger partial charge in [-0.05, 0) is 61.2 Å². The Morgan fingerprint density at radius 2 is 1.88 bits per heavy atom. The maximum absolute atomic E-state index is 12.5. The summed E-state index contributed by atoms with van der Waals surface area (Å²) in [4.78, 5) is 0.277. The molecule has 1 saturated carbocycles. The summed E-state index contributed by atoms with van der Waals surface area (Å²) < 4.78 is 29.5. The SMILES string of the molecule is O=S(=O)(NCCn1cc2c(n1)C(C1(c3ccc(Cl)cc3)CCC1)NCC2)c1ccccc1. The Labute approximate surface area is 194 Å². The zero-order valence-corrected chi connectivity index (χ0v) is 19.4.